The molecule has 0 fully saturated rings. The summed E-state index contributed by atoms with van der Waals surface area (Å²) in [4.78, 5) is 2.18. The summed E-state index contributed by atoms with van der Waals surface area (Å²) < 4.78 is 0. The lowest BCUT2D eigenvalue weighted by atomic mass is 10.1. The van der Waals surface area contributed by atoms with Crippen LogP contribution in [0.15, 0.2) is 95.7 Å². The van der Waals surface area contributed by atoms with Crippen LogP contribution in [0.4, 0.5) is 17.1 Å². The first-order valence-corrected chi connectivity index (χ1v) is 10.0. The van der Waals surface area contributed by atoms with E-state index in [-0.39, 0.29) is 0 Å². The van der Waals surface area contributed by atoms with E-state index < -0.39 is 0 Å². The molecule has 0 N–H and O–H groups in total. The van der Waals surface area contributed by atoms with Crippen molar-refractivity contribution in [1.82, 2.24) is 0 Å². The normalized spacial score (nSPS) is 11.0. The summed E-state index contributed by atoms with van der Waals surface area (Å²) in [6.45, 7) is 0. The Morgan fingerprint density at radius 1 is 0.667 bits per heavy atom. The molecule has 0 aliphatic rings. The molecular formula is C24H18ClNS. The predicted octanol–water partition coefficient (Wildman–Crippen LogP) is 8.04. The van der Waals surface area contributed by atoms with Gasteiger partial charge in [0.1, 0.15) is 0 Å². The van der Waals surface area contributed by atoms with Crippen molar-refractivity contribution in [3.8, 4) is 0 Å². The van der Waals surface area contributed by atoms with E-state index in [2.05, 4.69) is 70.3 Å². The monoisotopic (exact) mass is 387 g/mol. The van der Waals surface area contributed by atoms with E-state index in [1.54, 1.807) is 11.3 Å². The lowest BCUT2D eigenvalue weighted by molar-refractivity contribution is 1.28. The van der Waals surface area contributed by atoms with Crippen LogP contribution in [0, 0.1) is 0 Å². The third-order valence-corrected chi connectivity index (χ3v) is 5.29. The molecule has 0 atom stereocenters. The zero-order chi connectivity index (χ0) is 18.5. The first-order valence-electron chi connectivity index (χ1n) is 8.71. The molecule has 0 bridgehead atoms. The second kappa shape index (κ2) is 8.26. The highest BCUT2D eigenvalue weighted by atomic mass is 35.5. The van der Waals surface area contributed by atoms with E-state index in [4.69, 9.17) is 11.6 Å². The van der Waals surface area contributed by atoms with Gasteiger partial charge in [0.2, 0.25) is 0 Å². The summed E-state index contributed by atoms with van der Waals surface area (Å²) in [6.07, 6.45) is 4.27. The fourth-order valence-corrected chi connectivity index (χ4v) is 3.78. The summed E-state index contributed by atoms with van der Waals surface area (Å²) in [7, 11) is 0. The quantitative estimate of drug-likeness (QED) is 0.335. The first kappa shape index (κ1) is 17.6. The van der Waals surface area contributed by atoms with E-state index in [0.29, 0.717) is 0 Å². The minimum atomic E-state index is 0.725. The van der Waals surface area contributed by atoms with Crippen molar-refractivity contribution in [1.29, 1.82) is 0 Å². The van der Waals surface area contributed by atoms with Crippen LogP contribution < -0.4 is 4.90 Å². The van der Waals surface area contributed by atoms with E-state index >= 15 is 0 Å². The zero-order valence-electron chi connectivity index (χ0n) is 14.6. The smallest absolute Gasteiger partial charge is 0.0647 e. The van der Waals surface area contributed by atoms with Crippen molar-refractivity contribution in [2.45, 2.75) is 0 Å². The summed E-state index contributed by atoms with van der Waals surface area (Å²) in [5.41, 5.74) is 5.50. The highest BCUT2D eigenvalue weighted by molar-refractivity contribution is 7.08. The molecule has 0 saturated carbocycles. The molecule has 0 aliphatic heterocycles. The average Bonchev–Trinajstić information content (AvgIpc) is 3.24. The van der Waals surface area contributed by atoms with Crippen LogP contribution in [-0.2, 0) is 0 Å². The highest BCUT2D eigenvalue weighted by Gasteiger charge is 2.14. The van der Waals surface area contributed by atoms with E-state index in [1.165, 1.54) is 5.56 Å². The van der Waals surface area contributed by atoms with Gasteiger partial charge in [-0.1, -0.05) is 66.2 Å². The maximum absolute atomic E-state index is 6.50. The Kier molecular flexibility index (Phi) is 5.38. The molecule has 4 rings (SSSR count). The standard InChI is InChI=1S/C24H18ClNS/c25-23-8-4-5-9-24(23)26(21-6-2-1-3-7-21)22-14-12-19(13-15-22)10-11-20-16-17-27-18-20/h1-18H/b11-10+. The second-order valence-corrected chi connectivity index (χ2v) is 7.29. The molecule has 3 heteroatoms. The Morgan fingerprint density at radius 3 is 2.04 bits per heavy atom. The average molecular weight is 388 g/mol. The van der Waals surface area contributed by atoms with Crippen molar-refractivity contribution in [3.63, 3.8) is 0 Å². The number of nitrogens with zero attached hydrogens (tertiary/aromatic N) is 1. The molecule has 0 aliphatic carbocycles. The molecule has 1 nitrogen and oxygen atoms in total. The number of para-hydroxylation sites is 2. The van der Waals surface area contributed by atoms with E-state index in [9.17, 15) is 0 Å². The fraction of sp³-hybridized carbons (Fsp3) is 0. The Bertz CT molecular complexity index is 1020. The molecule has 132 valence electrons. The van der Waals surface area contributed by atoms with Crippen molar-refractivity contribution < 1.29 is 0 Å². The van der Waals surface area contributed by atoms with Gasteiger partial charge in [-0.25, -0.2) is 0 Å². The Morgan fingerprint density at radius 2 is 1.33 bits per heavy atom. The maximum atomic E-state index is 6.50. The molecule has 0 unspecified atom stereocenters. The molecule has 0 radical (unpaired) electrons. The summed E-state index contributed by atoms with van der Waals surface area (Å²) >= 11 is 8.21. The Labute approximate surface area is 168 Å². The summed E-state index contributed by atoms with van der Waals surface area (Å²) in [5.74, 6) is 0. The first-order chi connectivity index (χ1) is 13.3. The number of benzene rings is 3. The van der Waals surface area contributed by atoms with Gasteiger partial charge in [-0.3, -0.25) is 0 Å². The van der Waals surface area contributed by atoms with Gasteiger partial charge in [0.25, 0.3) is 0 Å². The minimum absolute atomic E-state index is 0.725. The Hall–Kier alpha value is -2.81. The molecule has 1 aromatic heterocycles. The van der Waals surface area contributed by atoms with Crippen molar-refractivity contribution in [2.24, 2.45) is 0 Å². The predicted molar refractivity (Wildman–Crippen MR) is 119 cm³/mol. The fourth-order valence-electron chi connectivity index (χ4n) is 2.93. The van der Waals surface area contributed by atoms with Crippen molar-refractivity contribution in [3.05, 3.63) is 112 Å². The van der Waals surface area contributed by atoms with Gasteiger partial charge in [0.15, 0.2) is 0 Å². The molecule has 0 spiro atoms. The van der Waals surface area contributed by atoms with Crippen LogP contribution in [0.2, 0.25) is 5.02 Å². The van der Waals surface area contributed by atoms with Gasteiger partial charge in [0.05, 0.1) is 10.7 Å². The van der Waals surface area contributed by atoms with Crippen LogP contribution >= 0.6 is 22.9 Å². The topological polar surface area (TPSA) is 3.24 Å². The SMILES string of the molecule is Clc1ccccc1N(c1ccccc1)c1ccc(/C=C/c2ccsc2)cc1. The van der Waals surface area contributed by atoms with Crippen LogP contribution in [0.3, 0.4) is 0 Å². The van der Waals surface area contributed by atoms with Gasteiger partial charge in [-0.05, 0) is 64.4 Å². The Balaban J connectivity index is 1.69. The van der Waals surface area contributed by atoms with Crippen LogP contribution in [0.5, 0.6) is 0 Å². The number of halogens is 1. The van der Waals surface area contributed by atoms with E-state index in [1.807, 2.05) is 42.5 Å². The summed E-state index contributed by atoms with van der Waals surface area (Å²) in [5, 5.41) is 4.95. The lowest BCUT2D eigenvalue weighted by Crippen LogP contribution is -2.10. The third-order valence-electron chi connectivity index (χ3n) is 4.27. The largest absolute Gasteiger partial charge is 0.309 e. The molecule has 1 heterocycles. The van der Waals surface area contributed by atoms with Gasteiger partial charge in [0, 0.05) is 11.4 Å². The van der Waals surface area contributed by atoms with Gasteiger partial charge >= 0.3 is 0 Å². The van der Waals surface area contributed by atoms with Crippen molar-refractivity contribution in [2.75, 3.05) is 4.90 Å². The second-order valence-electron chi connectivity index (χ2n) is 6.10. The van der Waals surface area contributed by atoms with Crippen LogP contribution in [0.1, 0.15) is 11.1 Å². The highest BCUT2D eigenvalue weighted by Crippen LogP contribution is 2.38. The number of thiophene rings is 1. The molecule has 0 amide bonds. The molecule has 3 aromatic carbocycles. The van der Waals surface area contributed by atoms with Crippen LogP contribution in [-0.4, -0.2) is 0 Å². The molecule has 27 heavy (non-hydrogen) atoms. The number of hydrogen-bond acceptors (Lipinski definition) is 2. The summed E-state index contributed by atoms with van der Waals surface area (Å²) in [6, 6.07) is 28.8. The third kappa shape index (κ3) is 4.13. The van der Waals surface area contributed by atoms with E-state index in [0.717, 1.165) is 27.6 Å². The number of rotatable bonds is 5. The number of hydrogen-bond donors (Lipinski definition) is 0. The minimum Gasteiger partial charge on any atom is -0.309 e. The van der Waals surface area contributed by atoms with Gasteiger partial charge in [-0.15, -0.1) is 0 Å². The van der Waals surface area contributed by atoms with Gasteiger partial charge in [-0.2, -0.15) is 11.3 Å². The maximum Gasteiger partial charge on any atom is 0.0647 e. The zero-order valence-corrected chi connectivity index (χ0v) is 16.2. The lowest BCUT2D eigenvalue weighted by Gasteiger charge is -2.26. The van der Waals surface area contributed by atoms with Crippen LogP contribution in [0.25, 0.3) is 12.2 Å². The molecule has 0 saturated heterocycles. The van der Waals surface area contributed by atoms with Crippen molar-refractivity contribution >= 4 is 52.2 Å². The number of anilines is 3. The van der Waals surface area contributed by atoms with Gasteiger partial charge < -0.3 is 4.90 Å². The molecule has 4 aromatic rings. The molecular weight excluding hydrogens is 370 g/mol.